The number of thiophene rings is 1. The summed E-state index contributed by atoms with van der Waals surface area (Å²) >= 11 is 1.38. The van der Waals surface area contributed by atoms with E-state index in [1.54, 1.807) is 13.2 Å². The second-order valence-corrected chi connectivity index (χ2v) is 5.30. The molecule has 2 aromatic rings. The van der Waals surface area contributed by atoms with Crippen molar-refractivity contribution >= 4 is 17.2 Å². The molecule has 1 aromatic carbocycles. The van der Waals surface area contributed by atoms with Gasteiger partial charge in [0.15, 0.2) is 0 Å². The number of amides is 1. The Bertz CT molecular complexity index is 564. The lowest BCUT2D eigenvalue weighted by molar-refractivity contribution is 0.0955. The summed E-state index contributed by atoms with van der Waals surface area (Å²) in [6.45, 7) is 1.16. The summed E-state index contributed by atoms with van der Waals surface area (Å²) in [4.78, 5) is 12.6. The van der Waals surface area contributed by atoms with E-state index in [1.807, 2.05) is 29.6 Å². The van der Waals surface area contributed by atoms with Crippen LogP contribution in [0.3, 0.4) is 0 Å². The summed E-state index contributed by atoms with van der Waals surface area (Å²) < 4.78 is 5.06. The number of rotatable bonds is 6. The van der Waals surface area contributed by atoms with Crippen molar-refractivity contribution in [1.29, 1.82) is 0 Å². The Kier molecular flexibility index (Phi) is 5.15. The topological polar surface area (TPSA) is 64.3 Å². The zero-order chi connectivity index (χ0) is 14.4. The molecule has 1 amide bonds. The second-order valence-electron chi connectivity index (χ2n) is 4.39. The molecular weight excluding hydrogens is 272 g/mol. The van der Waals surface area contributed by atoms with Crippen LogP contribution in [0.15, 0.2) is 35.7 Å². The van der Waals surface area contributed by atoms with Gasteiger partial charge in [0.25, 0.3) is 5.91 Å². The number of methoxy groups -OCH3 is 1. The highest BCUT2D eigenvalue weighted by molar-refractivity contribution is 7.12. The van der Waals surface area contributed by atoms with Crippen molar-refractivity contribution in [2.75, 3.05) is 13.7 Å². The molecule has 2 rings (SSSR count). The lowest BCUT2D eigenvalue weighted by Gasteiger charge is -2.05. The number of ether oxygens (including phenoxy) is 1. The van der Waals surface area contributed by atoms with Gasteiger partial charge in [0.1, 0.15) is 5.75 Å². The van der Waals surface area contributed by atoms with E-state index < -0.39 is 0 Å². The van der Waals surface area contributed by atoms with Gasteiger partial charge in [0, 0.05) is 18.0 Å². The second kappa shape index (κ2) is 7.07. The first-order valence-corrected chi connectivity index (χ1v) is 7.29. The Hall–Kier alpha value is -1.85. The number of benzene rings is 1. The van der Waals surface area contributed by atoms with Gasteiger partial charge in [-0.15, -0.1) is 11.3 Å². The summed E-state index contributed by atoms with van der Waals surface area (Å²) in [7, 11) is 1.59. The molecule has 106 valence electrons. The van der Waals surface area contributed by atoms with Gasteiger partial charge in [0.2, 0.25) is 0 Å². The van der Waals surface area contributed by atoms with Crippen LogP contribution in [0.4, 0.5) is 0 Å². The Balaban J connectivity index is 1.89. The molecule has 0 bridgehead atoms. The summed E-state index contributed by atoms with van der Waals surface area (Å²) in [5.74, 6) is 0.635. The van der Waals surface area contributed by atoms with Gasteiger partial charge in [-0.2, -0.15) is 0 Å². The van der Waals surface area contributed by atoms with Crippen molar-refractivity contribution in [2.24, 2.45) is 5.73 Å². The van der Waals surface area contributed by atoms with Gasteiger partial charge in [-0.05, 0) is 24.1 Å². The van der Waals surface area contributed by atoms with Crippen LogP contribution >= 0.6 is 11.3 Å². The summed E-state index contributed by atoms with van der Waals surface area (Å²) in [5, 5.41) is 4.71. The van der Waals surface area contributed by atoms with Crippen LogP contribution in [-0.2, 0) is 13.0 Å². The maximum Gasteiger partial charge on any atom is 0.261 e. The van der Waals surface area contributed by atoms with E-state index in [-0.39, 0.29) is 5.91 Å². The molecule has 0 fully saturated rings. The standard InChI is InChI=1S/C15H18N2O2S/c1-19-13-8-14(20-10-13)15(18)17-9-12-4-2-11(3-5-12)6-7-16/h2-5,8,10H,6-7,9,16H2,1H3,(H,17,18). The minimum atomic E-state index is -0.0793. The lowest BCUT2D eigenvalue weighted by Crippen LogP contribution is -2.21. The van der Waals surface area contributed by atoms with Crippen molar-refractivity contribution < 1.29 is 9.53 Å². The Labute approximate surface area is 122 Å². The first-order chi connectivity index (χ1) is 9.72. The molecule has 0 atom stereocenters. The fraction of sp³-hybridized carbons (Fsp3) is 0.267. The molecular formula is C15H18N2O2S. The number of carbonyl (C=O) groups is 1. The molecule has 0 unspecified atom stereocenters. The molecule has 1 heterocycles. The number of nitrogens with two attached hydrogens (primary N) is 1. The molecule has 0 saturated heterocycles. The zero-order valence-electron chi connectivity index (χ0n) is 11.4. The van der Waals surface area contributed by atoms with Crippen LogP contribution in [0.1, 0.15) is 20.8 Å². The number of hydrogen-bond donors (Lipinski definition) is 2. The predicted octanol–water partition coefficient (Wildman–Crippen LogP) is 2.19. The maximum atomic E-state index is 11.9. The maximum absolute atomic E-state index is 11.9. The molecule has 0 aliphatic rings. The first-order valence-electron chi connectivity index (χ1n) is 6.41. The van der Waals surface area contributed by atoms with Gasteiger partial charge < -0.3 is 15.8 Å². The highest BCUT2D eigenvalue weighted by Gasteiger charge is 2.08. The fourth-order valence-corrected chi connectivity index (χ4v) is 2.58. The monoisotopic (exact) mass is 290 g/mol. The van der Waals surface area contributed by atoms with E-state index in [9.17, 15) is 4.79 Å². The van der Waals surface area contributed by atoms with Gasteiger partial charge in [0.05, 0.1) is 12.0 Å². The molecule has 0 spiro atoms. The van der Waals surface area contributed by atoms with Crippen molar-refractivity contribution in [2.45, 2.75) is 13.0 Å². The average molecular weight is 290 g/mol. The average Bonchev–Trinajstić information content (AvgIpc) is 2.95. The fourth-order valence-electron chi connectivity index (χ4n) is 1.80. The number of nitrogens with one attached hydrogen (secondary N) is 1. The van der Waals surface area contributed by atoms with E-state index >= 15 is 0 Å². The first kappa shape index (κ1) is 14.6. The van der Waals surface area contributed by atoms with Gasteiger partial charge >= 0.3 is 0 Å². The Morgan fingerprint density at radius 2 is 2.00 bits per heavy atom. The van der Waals surface area contributed by atoms with E-state index in [0.717, 1.165) is 12.0 Å². The van der Waals surface area contributed by atoms with Crippen LogP contribution in [-0.4, -0.2) is 19.6 Å². The smallest absolute Gasteiger partial charge is 0.261 e. The molecule has 20 heavy (non-hydrogen) atoms. The van der Waals surface area contributed by atoms with Gasteiger partial charge in [-0.3, -0.25) is 4.79 Å². The van der Waals surface area contributed by atoms with Crippen LogP contribution in [0.2, 0.25) is 0 Å². The number of hydrogen-bond acceptors (Lipinski definition) is 4. The SMILES string of the molecule is COc1csc(C(=O)NCc2ccc(CCN)cc2)c1. The minimum Gasteiger partial charge on any atom is -0.496 e. The normalized spacial score (nSPS) is 10.3. The zero-order valence-corrected chi connectivity index (χ0v) is 12.2. The third-order valence-corrected chi connectivity index (χ3v) is 3.85. The van der Waals surface area contributed by atoms with E-state index in [1.165, 1.54) is 16.9 Å². The van der Waals surface area contributed by atoms with Crippen molar-refractivity contribution in [3.8, 4) is 5.75 Å². The summed E-state index contributed by atoms with van der Waals surface area (Å²) in [6, 6.07) is 9.86. The van der Waals surface area contributed by atoms with Crippen molar-refractivity contribution in [1.82, 2.24) is 5.32 Å². The quantitative estimate of drug-likeness (QED) is 0.857. The summed E-state index contributed by atoms with van der Waals surface area (Å²) in [5.41, 5.74) is 7.79. The Morgan fingerprint density at radius 1 is 1.30 bits per heavy atom. The molecule has 0 aliphatic carbocycles. The molecule has 4 nitrogen and oxygen atoms in total. The highest BCUT2D eigenvalue weighted by atomic mass is 32.1. The van der Waals surface area contributed by atoms with Crippen LogP contribution in [0.25, 0.3) is 0 Å². The Morgan fingerprint density at radius 3 is 2.60 bits per heavy atom. The van der Waals surface area contributed by atoms with Crippen LogP contribution < -0.4 is 15.8 Å². The molecule has 0 aliphatic heterocycles. The minimum absolute atomic E-state index is 0.0793. The lowest BCUT2D eigenvalue weighted by atomic mass is 10.1. The third kappa shape index (κ3) is 3.82. The van der Waals surface area contributed by atoms with Crippen molar-refractivity contribution in [3.05, 3.63) is 51.7 Å². The largest absolute Gasteiger partial charge is 0.496 e. The third-order valence-electron chi connectivity index (χ3n) is 2.94. The number of carbonyl (C=O) groups excluding carboxylic acids is 1. The molecule has 3 N–H and O–H groups in total. The van der Waals surface area contributed by atoms with Crippen molar-refractivity contribution in [3.63, 3.8) is 0 Å². The molecule has 0 radical (unpaired) electrons. The van der Waals surface area contributed by atoms with E-state index in [4.69, 9.17) is 10.5 Å². The molecule has 5 heteroatoms. The van der Waals surface area contributed by atoms with E-state index in [2.05, 4.69) is 5.32 Å². The summed E-state index contributed by atoms with van der Waals surface area (Å²) in [6.07, 6.45) is 0.877. The van der Waals surface area contributed by atoms with Gasteiger partial charge in [-0.25, -0.2) is 0 Å². The highest BCUT2D eigenvalue weighted by Crippen LogP contribution is 2.20. The van der Waals surface area contributed by atoms with E-state index in [0.29, 0.717) is 23.7 Å². The predicted molar refractivity (Wildman–Crippen MR) is 81.2 cm³/mol. The van der Waals surface area contributed by atoms with Crippen LogP contribution in [0, 0.1) is 0 Å². The van der Waals surface area contributed by atoms with Crippen LogP contribution in [0.5, 0.6) is 5.75 Å². The molecule has 0 saturated carbocycles. The van der Waals surface area contributed by atoms with Gasteiger partial charge in [-0.1, -0.05) is 24.3 Å². The molecule has 1 aromatic heterocycles.